The second kappa shape index (κ2) is 10.6. The minimum absolute atomic E-state index is 0.00427. The van der Waals surface area contributed by atoms with Gasteiger partial charge in [-0.1, -0.05) is 107 Å². The predicted octanol–water partition coefficient (Wildman–Crippen LogP) is 9.11. The third-order valence-corrected chi connectivity index (χ3v) is 10.4. The Balaban J connectivity index is 1.35. The van der Waals surface area contributed by atoms with Gasteiger partial charge in [0, 0.05) is 35.7 Å². The van der Waals surface area contributed by atoms with Crippen LogP contribution in [0, 0.1) is 17.3 Å². The molecule has 0 spiro atoms. The Hall–Kier alpha value is -2.87. The highest BCUT2D eigenvalue weighted by Crippen LogP contribution is 2.70. The number of carbonyl (C=O) groups is 1. The lowest BCUT2D eigenvalue weighted by molar-refractivity contribution is -0.117. The molecule has 2 unspecified atom stereocenters. The van der Waals surface area contributed by atoms with Crippen LogP contribution in [0.4, 0.5) is 5.69 Å². The Bertz CT molecular complexity index is 1310. The van der Waals surface area contributed by atoms with Gasteiger partial charge < -0.3 is 9.69 Å². The number of ketones is 1. The number of rotatable bonds is 9. The van der Waals surface area contributed by atoms with Crippen LogP contribution in [0.2, 0.25) is 0 Å². The van der Waals surface area contributed by atoms with E-state index in [1.807, 2.05) is 0 Å². The molecule has 2 aromatic carbocycles. The maximum absolute atomic E-state index is 11.4. The summed E-state index contributed by atoms with van der Waals surface area (Å²) in [7, 11) is 2.18. The average molecular weight is 522 g/mol. The van der Waals surface area contributed by atoms with Crippen LogP contribution in [0.5, 0.6) is 0 Å². The van der Waals surface area contributed by atoms with E-state index in [1.165, 1.54) is 54.6 Å². The number of allylic oxidation sites excluding steroid dienone is 6. The Kier molecular flexibility index (Phi) is 7.53. The molecule has 2 aliphatic carbocycles. The van der Waals surface area contributed by atoms with Crippen LogP contribution in [0.25, 0.3) is 0 Å². The molecule has 2 heteroatoms. The molecule has 0 bridgehead atoms. The number of benzene rings is 2. The second-order valence-corrected chi connectivity index (χ2v) is 13.4. The number of fused-ring (bicyclic) bond motifs is 3. The zero-order valence-corrected chi connectivity index (χ0v) is 25.0. The van der Waals surface area contributed by atoms with E-state index in [4.69, 9.17) is 0 Å². The van der Waals surface area contributed by atoms with E-state index in [2.05, 4.69) is 119 Å². The summed E-state index contributed by atoms with van der Waals surface area (Å²) in [5.41, 5.74) is 7.44. The van der Waals surface area contributed by atoms with Gasteiger partial charge in [0.05, 0.1) is 0 Å². The lowest BCUT2D eigenvalue weighted by Gasteiger charge is -2.35. The van der Waals surface area contributed by atoms with Crippen LogP contribution >= 0.6 is 0 Å². The standard InChI is InChI=1S/C37H47NO/c1-27(39)17-9-7-10-18-29-25-28-19-12-13-20-30(28)36(4,5)37(26-32(29)37)24-16-8-11-23-34-35(2,3)31-21-14-15-22-33(31)38(34)6/h8,11-16,19-24,29,32H,7,9-10,17-18,25-26H2,1-6H3/b11-8+,24-16+,34-23+/t29?,32-,37?/m0/s1. The van der Waals surface area contributed by atoms with E-state index < -0.39 is 0 Å². The number of unbranched alkanes of at least 4 members (excludes halogenated alkanes) is 2. The Morgan fingerprint density at radius 2 is 1.64 bits per heavy atom. The molecular formula is C37H47NO. The summed E-state index contributed by atoms with van der Waals surface area (Å²) in [6, 6.07) is 17.9. The highest BCUT2D eigenvalue weighted by Gasteiger charge is 2.64. The molecular weight excluding hydrogens is 474 g/mol. The highest BCUT2D eigenvalue weighted by molar-refractivity contribution is 5.75. The van der Waals surface area contributed by atoms with Crippen molar-refractivity contribution in [2.24, 2.45) is 17.3 Å². The molecule has 0 N–H and O–H groups in total. The molecule has 0 aromatic heterocycles. The van der Waals surface area contributed by atoms with Gasteiger partial charge in [-0.05, 0) is 78.7 Å². The van der Waals surface area contributed by atoms with Crippen LogP contribution in [0.3, 0.4) is 0 Å². The van der Waals surface area contributed by atoms with Gasteiger partial charge in [0.15, 0.2) is 0 Å². The van der Waals surface area contributed by atoms with E-state index >= 15 is 0 Å². The monoisotopic (exact) mass is 521 g/mol. The largest absolute Gasteiger partial charge is 0.347 e. The molecule has 1 saturated carbocycles. The van der Waals surface area contributed by atoms with Gasteiger partial charge in [-0.2, -0.15) is 0 Å². The number of Topliss-reactive ketones (excluding diaryl/α,β-unsaturated/α-hetero) is 1. The SMILES string of the molecule is CC(=O)CCCCCC1Cc2ccccc2C(C)(C)C2(/C=C/C=C/C=C3/N(C)c4ccccc4C3(C)C)C[C@@H]12. The molecule has 1 heterocycles. The smallest absolute Gasteiger partial charge is 0.129 e. The molecule has 5 rings (SSSR count). The topological polar surface area (TPSA) is 20.3 Å². The van der Waals surface area contributed by atoms with Crippen LogP contribution in [0.1, 0.15) is 89.8 Å². The van der Waals surface area contributed by atoms with E-state index in [1.54, 1.807) is 12.5 Å². The molecule has 0 amide bonds. The highest BCUT2D eigenvalue weighted by atomic mass is 16.1. The van der Waals surface area contributed by atoms with Gasteiger partial charge in [-0.25, -0.2) is 0 Å². The fourth-order valence-electron chi connectivity index (χ4n) is 7.99. The van der Waals surface area contributed by atoms with Crippen molar-refractivity contribution in [3.05, 3.63) is 101 Å². The van der Waals surface area contributed by atoms with Crippen LogP contribution in [-0.4, -0.2) is 12.8 Å². The number of anilines is 1. The first-order chi connectivity index (χ1) is 18.6. The fraction of sp³-hybridized carbons (Fsp3) is 0.486. The number of nitrogens with zero attached hydrogens (tertiary/aromatic N) is 1. The Morgan fingerprint density at radius 1 is 0.923 bits per heavy atom. The third kappa shape index (κ3) is 4.96. The number of para-hydroxylation sites is 1. The summed E-state index contributed by atoms with van der Waals surface area (Å²) in [4.78, 5) is 13.7. The first kappa shape index (κ1) is 27.7. The molecule has 3 aliphatic rings. The van der Waals surface area contributed by atoms with Crippen molar-refractivity contribution in [3.63, 3.8) is 0 Å². The lowest BCUT2D eigenvalue weighted by atomic mass is 9.68. The Labute approximate surface area is 236 Å². The minimum Gasteiger partial charge on any atom is -0.347 e. The molecule has 39 heavy (non-hydrogen) atoms. The average Bonchev–Trinajstić information content (AvgIpc) is 3.62. The summed E-state index contributed by atoms with van der Waals surface area (Å²) in [6.07, 6.45) is 19.6. The van der Waals surface area contributed by atoms with Crippen molar-refractivity contribution < 1.29 is 4.79 Å². The van der Waals surface area contributed by atoms with Crippen LogP contribution in [0.15, 0.2) is 84.6 Å². The number of carbonyl (C=O) groups excluding carboxylic acids is 1. The van der Waals surface area contributed by atoms with Crippen molar-refractivity contribution >= 4 is 11.5 Å². The molecule has 1 aliphatic heterocycles. The Morgan fingerprint density at radius 3 is 2.38 bits per heavy atom. The maximum atomic E-state index is 11.4. The summed E-state index contributed by atoms with van der Waals surface area (Å²) in [5, 5.41) is 0. The molecule has 2 nitrogen and oxygen atoms in total. The summed E-state index contributed by atoms with van der Waals surface area (Å²) >= 11 is 0. The summed E-state index contributed by atoms with van der Waals surface area (Å²) in [5.74, 6) is 1.76. The predicted molar refractivity (Wildman–Crippen MR) is 165 cm³/mol. The van der Waals surface area contributed by atoms with E-state index in [9.17, 15) is 4.79 Å². The molecule has 206 valence electrons. The molecule has 2 aromatic rings. The quantitative estimate of drug-likeness (QED) is 0.242. The molecule has 1 fully saturated rings. The number of hydrogen-bond acceptors (Lipinski definition) is 2. The first-order valence-corrected chi connectivity index (χ1v) is 15.1. The van der Waals surface area contributed by atoms with Crippen LogP contribution in [-0.2, 0) is 22.0 Å². The third-order valence-electron chi connectivity index (χ3n) is 10.4. The second-order valence-electron chi connectivity index (χ2n) is 13.4. The van der Waals surface area contributed by atoms with Gasteiger partial charge in [-0.3, -0.25) is 0 Å². The van der Waals surface area contributed by atoms with Gasteiger partial charge in [0.25, 0.3) is 0 Å². The number of hydrogen-bond donors (Lipinski definition) is 0. The van der Waals surface area contributed by atoms with Crippen molar-refractivity contribution in [3.8, 4) is 0 Å². The van der Waals surface area contributed by atoms with Gasteiger partial charge in [0.2, 0.25) is 0 Å². The summed E-state index contributed by atoms with van der Waals surface area (Å²) in [6.45, 7) is 11.3. The van der Waals surface area contributed by atoms with Gasteiger partial charge in [0.1, 0.15) is 5.78 Å². The molecule has 0 saturated heterocycles. The molecule has 3 atom stereocenters. The first-order valence-electron chi connectivity index (χ1n) is 15.1. The van der Waals surface area contributed by atoms with Crippen molar-refractivity contribution in [1.29, 1.82) is 0 Å². The van der Waals surface area contributed by atoms with Crippen molar-refractivity contribution in [2.75, 3.05) is 11.9 Å². The minimum atomic E-state index is 0.00427. The number of likely N-dealkylation sites (N-methyl/N-ethyl adjacent to an activating group) is 1. The van der Waals surface area contributed by atoms with Crippen molar-refractivity contribution in [1.82, 2.24) is 0 Å². The summed E-state index contributed by atoms with van der Waals surface area (Å²) < 4.78 is 0. The zero-order chi connectivity index (χ0) is 27.8. The maximum Gasteiger partial charge on any atom is 0.129 e. The lowest BCUT2D eigenvalue weighted by Crippen LogP contribution is -2.31. The molecule has 0 radical (unpaired) electrons. The van der Waals surface area contributed by atoms with Crippen molar-refractivity contribution in [2.45, 2.75) is 90.4 Å². The van der Waals surface area contributed by atoms with E-state index in [0.717, 1.165) is 18.8 Å². The van der Waals surface area contributed by atoms with E-state index in [-0.39, 0.29) is 16.2 Å². The zero-order valence-electron chi connectivity index (χ0n) is 25.0. The van der Waals surface area contributed by atoms with Gasteiger partial charge >= 0.3 is 0 Å². The van der Waals surface area contributed by atoms with E-state index in [0.29, 0.717) is 11.7 Å². The normalized spacial score (nSPS) is 27.4. The van der Waals surface area contributed by atoms with Crippen LogP contribution < -0.4 is 4.90 Å². The fourth-order valence-corrected chi connectivity index (χ4v) is 7.99. The van der Waals surface area contributed by atoms with Gasteiger partial charge in [-0.15, -0.1) is 0 Å².